The average molecular weight is 342 g/mol. The van der Waals surface area contributed by atoms with Crippen LogP contribution in [0.2, 0.25) is 0 Å². The zero-order valence-corrected chi connectivity index (χ0v) is 15.4. The number of carbonyl (C=O) groups is 1. The summed E-state index contributed by atoms with van der Waals surface area (Å²) in [5, 5.41) is 0. The molecule has 0 aromatic carbocycles. The monoisotopic (exact) mass is 342 g/mol. The molecule has 3 heterocycles. The third-order valence-corrected chi connectivity index (χ3v) is 6.07. The number of nitrogens with zero attached hydrogens (tertiary/aromatic N) is 4. The van der Waals surface area contributed by atoms with Crippen LogP contribution < -0.4 is 0 Å². The SMILES string of the molecule is CCCc1ncc(CN2CC[C@]3(CCCN(CC4CC4)C3=O)C2)cn1. The van der Waals surface area contributed by atoms with Gasteiger partial charge in [-0.15, -0.1) is 0 Å². The molecule has 1 amide bonds. The Morgan fingerprint density at radius 2 is 2.00 bits per heavy atom. The second-order valence-corrected chi connectivity index (χ2v) is 8.30. The van der Waals surface area contributed by atoms with Crippen molar-refractivity contribution in [2.24, 2.45) is 11.3 Å². The van der Waals surface area contributed by atoms with E-state index in [1.54, 1.807) is 0 Å². The summed E-state index contributed by atoms with van der Waals surface area (Å²) in [6.45, 7) is 6.92. The van der Waals surface area contributed by atoms with Crippen LogP contribution in [0.1, 0.15) is 56.8 Å². The molecular formula is C20H30N4O. The Kier molecular flexibility index (Phi) is 4.76. The number of hydrogen-bond acceptors (Lipinski definition) is 4. The molecule has 5 heteroatoms. The number of hydrogen-bond donors (Lipinski definition) is 0. The van der Waals surface area contributed by atoms with Gasteiger partial charge in [0.1, 0.15) is 5.82 Å². The molecule has 1 aromatic heterocycles. The number of amides is 1. The van der Waals surface area contributed by atoms with Crippen molar-refractivity contribution in [3.05, 3.63) is 23.8 Å². The second-order valence-electron chi connectivity index (χ2n) is 8.30. The van der Waals surface area contributed by atoms with Crippen LogP contribution in [0, 0.1) is 11.3 Å². The van der Waals surface area contributed by atoms with Crippen molar-refractivity contribution < 1.29 is 4.79 Å². The topological polar surface area (TPSA) is 49.3 Å². The summed E-state index contributed by atoms with van der Waals surface area (Å²) < 4.78 is 0. The van der Waals surface area contributed by atoms with E-state index in [4.69, 9.17) is 0 Å². The highest BCUT2D eigenvalue weighted by Crippen LogP contribution is 2.42. The van der Waals surface area contributed by atoms with Gasteiger partial charge in [0.15, 0.2) is 0 Å². The molecule has 1 atom stereocenters. The lowest BCUT2D eigenvalue weighted by molar-refractivity contribution is -0.145. The molecule has 3 aliphatic rings. The van der Waals surface area contributed by atoms with Gasteiger partial charge in [-0.25, -0.2) is 9.97 Å². The smallest absolute Gasteiger partial charge is 0.230 e. The molecular weight excluding hydrogens is 312 g/mol. The standard InChI is InChI=1S/C20H30N4O/c1-2-4-18-21-11-17(12-22-18)13-23-10-8-20(15-23)7-3-9-24(19(20)25)14-16-5-6-16/h11-12,16H,2-10,13-15H2,1H3/t20-/m1/s1. The van der Waals surface area contributed by atoms with Gasteiger partial charge in [-0.1, -0.05) is 6.92 Å². The zero-order chi connectivity index (χ0) is 17.3. The van der Waals surface area contributed by atoms with E-state index >= 15 is 0 Å². The quantitative estimate of drug-likeness (QED) is 0.797. The van der Waals surface area contributed by atoms with E-state index in [0.717, 1.165) is 75.7 Å². The van der Waals surface area contributed by atoms with Crippen LogP contribution in [0.15, 0.2) is 12.4 Å². The Morgan fingerprint density at radius 3 is 2.72 bits per heavy atom. The van der Waals surface area contributed by atoms with Crippen molar-refractivity contribution in [2.45, 2.75) is 58.4 Å². The fourth-order valence-corrected chi connectivity index (χ4v) is 4.48. The van der Waals surface area contributed by atoms with Gasteiger partial charge in [-0.2, -0.15) is 0 Å². The predicted octanol–water partition coefficient (Wildman–Crippen LogP) is 2.65. The Labute approximate surface area is 150 Å². The first-order valence-electron chi connectivity index (χ1n) is 10.00. The van der Waals surface area contributed by atoms with Crippen molar-refractivity contribution in [1.29, 1.82) is 0 Å². The van der Waals surface area contributed by atoms with Crippen molar-refractivity contribution >= 4 is 5.91 Å². The number of aryl methyl sites for hydroxylation is 1. The molecule has 3 fully saturated rings. The Morgan fingerprint density at radius 1 is 1.20 bits per heavy atom. The summed E-state index contributed by atoms with van der Waals surface area (Å²) in [7, 11) is 0. The third kappa shape index (κ3) is 3.71. The lowest BCUT2D eigenvalue weighted by Gasteiger charge is -2.39. The highest BCUT2D eigenvalue weighted by molar-refractivity contribution is 5.84. The minimum absolute atomic E-state index is 0.115. The maximum Gasteiger partial charge on any atom is 0.230 e. The summed E-state index contributed by atoms with van der Waals surface area (Å²) in [6.07, 6.45) is 11.8. The lowest BCUT2D eigenvalue weighted by atomic mass is 9.78. The van der Waals surface area contributed by atoms with Crippen LogP contribution in [0.5, 0.6) is 0 Å². The summed E-state index contributed by atoms with van der Waals surface area (Å²) in [6, 6.07) is 0. The molecule has 2 aliphatic heterocycles. The summed E-state index contributed by atoms with van der Waals surface area (Å²) in [4.78, 5) is 26.6. The van der Waals surface area contributed by atoms with E-state index < -0.39 is 0 Å². The molecule has 0 bridgehead atoms. The molecule has 0 N–H and O–H groups in total. The van der Waals surface area contributed by atoms with Crippen LogP contribution in [0.25, 0.3) is 0 Å². The lowest BCUT2D eigenvalue weighted by Crippen LogP contribution is -2.50. The summed E-state index contributed by atoms with van der Waals surface area (Å²) in [5.74, 6) is 2.15. The molecule has 5 nitrogen and oxygen atoms in total. The van der Waals surface area contributed by atoms with Crippen molar-refractivity contribution in [3.8, 4) is 0 Å². The van der Waals surface area contributed by atoms with Crippen LogP contribution in [0.4, 0.5) is 0 Å². The van der Waals surface area contributed by atoms with Crippen LogP contribution in [0.3, 0.4) is 0 Å². The first-order chi connectivity index (χ1) is 12.2. The van der Waals surface area contributed by atoms with E-state index in [9.17, 15) is 4.79 Å². The number of likely N-dealkylation sites (tertiary alicyclic amines) is 2. The van der Waals surface area contributed by atoms with Crippen LogP contribution >= 0.6 is 0 Å². The molecule has 4 rings (SSSR count). The first kappa shape index (κ1) is 17.0. The molecule has 0 radical (unpaired) electrons. The van der Waals surface area contributed by atoms with Crippen molar-refractivity contribution in [3.63, 3.8) is 0 Å². The molecule has 1 aromatic rings. The van der Waals surface area contributed by atoms with Gasteiger partial charge in [0, 0.05) is 50.6 Å². The molecule has 2 saturated heterocycles. The third-order valence-electron chi connectivity index (χ3n) is 6.07. The minimum atomic E-state index is -0.115. The van der Waals surface area contributed by atoms with Crippen molar-refractivity contribution in [1.82, 2.24) is 19.8 Å². The first-order valence-corrected chi connectivity index (χ1v) is 10.00. The van der Waals surface area contributed by atoms with E-state index in [-0.39, 0.29) is 5.41 Å². The maximum atomic E-state index is 13.1. The fourth-order valence-electron chi connectivity index (χ4n) is 4.48. The molecule has 25 heavy (non-hydrogen) atoms. The van der Waals surface area contributed by atoms with Gasteiger partial charge in [-0.3, -0.25) is 9.69 Å². The number of piperidine rings is 1. The molecule has 1 saturated carbocycles. The molecule has 1 spiro atoms. The van der Waals surface area contributed by atoms with Gasteiger partial charge >= 0.3 is 0 Å². The van der Waals surface area contributed by atoms with Gasteiger partial charge in [-0.05, 0) is 51.0 Å². The summed E-state index contributed by atoms with van der Waals surface area (Å²) in [5.41, 5.74) is 1.05. The Bertz CT molecular complexity index is 613. The number of aromatic nitrogens is 2. The highest BCUT2D eigenvalue weighted by Gasteiger charge is 2.48. The van der Waals surface area contributed by atoms with Gasteiger partial charge in [0.25, 0.3) is 0 Å². The minimum Gasteiger partial charge on any atom is -0.342 e. The predicted molar refractivity (Wildman–Crippen MR) is 96.9 cm³/mol. The second kappa shape index (κ2) is 7.02. The summed E-state index contributed by atoms with van der Waals surface area (Å²) >= 11 is 0. The zero-order valence-electron chi connectivity index (χ0n) is 15.4. The largest absolute Gasteiger partial charge is 0.342 e. The van der Waals surface area contributed by atoms with E-state index in [1.165, 1.54) is 19.3 Å². The molecule has 0 unspecified atom stereocenters. The van der Waals surface area contributed by atoms with Gasteiger partial charge in [0.05, 0.1) is 5.41 Å². The Balaban J connectivity index is 1.37. The van der Waals surface area contributed by atoms with Gasteiger partial charge < -0.3 is 4.90 Å². The van der Waals surface area contributed by atoms with E-state index in [1.807, 2.05) is 12.4 Å². The van der Waals surface area contributed by atoms with Crippen LogP contribution in [-0.2, 0) is 17.8 Å². The van der Waals surface area contributed by atoms with E-state index in [0.29, 0.717) is 5.91 Å². The number of rotatable bonds is 6. The highest BCUT2D eigenvalue weighted by atomic mass is 16.2. The maximum absolute atomic E-state index is 13.1. The molecule has 136 valence electrons. The van der Waals surface area contributed by atoms with Crippen LogP contribution in [-0.4, -0.2) is 51.9 Å². The van der Waals surface area contributed by atoms with Gasteiger partial charge in [0.2, 0.25) is 5.91 Å². The van der Waals surface area contributed by atoms with E-state index in [2.05, 4.69) is 26.7 Å². The fraction of sp³-hybridized carbons (Fsp3) is 0.750. The average Bonchev–Trinajstić information content (AvgIpc) is 3.34. The normalized spacial score (nSPS) is 27.4. The Hall–Kier alpha value is -1.49. The van der Waals surface area contributed by atoms with Crippen molar-refractivity contribution in [2.75, 3.05) is 26.2 Å². The number of carbonyl (C=O) groups excluding carboxylic acids is 1. The molecule has 1 aliphatic carbocycles.